The number of rotatable bonds is 10. The van der Waals surface area contributed by atoms with E-state index in [-0.39, 0.29) is 5.91 Å². The minimum absolute atomic E-state index is 0.171. The molecule has 1 aromatic rings. The lowest BCUT2D eigenvalue weighted by Crippen LogP contribution is -2.42. The van der Waals surface area contributed by atoms with Crippen molar-refractivity contribution in [2.45, 2.75) is 51.4 Å². The van der Waals surface area contributed by atoms with Gasteiger partial charge in [0, 0.05) is 33.1 Å². The first-order valence-electron chi connectivity index (χ1n) is 10.5. The molecule has 1 unspecified atom stereocenters. The van der Waals surface area contributed by atoms with E-state index in [1.807, 2.05) is 12.1 Å². The van der Waals surface area contributed by atoms with Gasteiger partial charge in [-0.25, -0.2) is 0 Å². The summed E-state index contributed by atoms with van der Waals surface area (Å²) >= 11 is 0. The molecule has 28 heavy (non-hydrogen) atoms. The fourth-order valence-corrected chi connectivity index (χ4v) is 3.66. The van der Waals surface area contributed by atoms with Gasteiger partial charge in [-0.05, 0) is 48.8 Å². The number of carbonyl (C=O) groups excluding carboxylic acids is 1. The van der Waals surface area contributed by atoms with Crippen LogP contribution in [0.3, 0.4) is 0 Å². The highest BCUT2D eigenvalue weighted by Gasteiger charge is 2.17. The highest BCUT2D eigenvalue weighted by Crippen LogP contribution is 2.27. The third-order valence-electron chi connectivity index (χ3n) is 5.47. The Balaban J connectivity index is 1.58. The van der Waals surface area contributed by atoms with Gasteiger partial charge in [-0.2, -0.15) is 0 Å². The monoisotopic (exact) mass is 388 g/mol. The Morgan fingerprint density at radius 1 is 1.11 bits per heavy atom. The number of carbonyl (C=O) groups is 1. The SMILES string of the molecule is CN=C(NCCNC(=O)CC1CCCC1)NCCC(C)c1ccc(OC)cc1. The fourth-order valence-electron chi connectivity index (χ4n) is 3.66. The summed E-state index contributed by atoms with van der Waals surface area (Å²) < 4.78 is 5.21. The zero-order valence-electron chi connectivity index (χ0n) is 17.6. The van der Waals surface area contributed by atoms with Gasteiger partial charge < -0.3 is 20.7 Å². The number of methoxy groups -OCH3 is 1. The van der Waals surface area contributed by atoms with Gasteiger partial charge in [-0.1, -0.05) is 31.9 Å². The molecule has 2 rings (SSSR count). The molecule has 6 nitrogen and oxygen atoms in total. The summed E-state index contributed by atoms with van der Waals surface area (Å²) in [4.78, 5) is 16.2. The van der Waals surface area contributed by atoms with Crippen LogP contribution in [0.5, 0.6) is 5.75 Å². The van der Waals surface area contributed by atoms with Crippen molar-refractivity contribution in [1.29, 1.82) is 0 Å². The molecule has 1 aromatic carbocycles. The van der Waals surface area contributed by atoms with E-state index in [1.54, 1.807) is 14.2 Å². The van der Waals surface area contributed by atoms with Crippen molar-refractivity contribution in [3.63, 3.8) is 0 Å². The number of aliphatic imine (C=N–C) groups is 1. The number of nitrogens with zero attached hydrogens (tertiary/aromatic N) is 1. The predicted octanol–water partition coefficient (Wildman–Crippen LogP) is 3.05. The lowest BCUT2D eigenvalue weighted by atomic mass is 9.98. The van der Waals surface area contributed by atoms with Crippen LogP contribution in [0.2, 0.25) is 0 Å². The van der Waals surface area contributed by atoms with Crippen LogP contribution in [-0.4, -0.2) is 45.7 Å². The molecular weight excluding hydrogens is 352 g/mol. The van der Waals surface area contributed by atoms with Gasteiger partial charge in [-0.15, -0.1) is 0 Å². The highest BCUT2D eigenvalue weighted by molar-refractivity contribution is 5.79. The van der Waals surface area contributed by atoms with Crippen LogP contribution >= 0.6 is 0 Å². The number of nitrogens with one attached hydrogen (secondary N) is 3. The molecule has 0 heterocycles. The second kappa shape index (κ2) is 12.3. The number of amides is 1. The molecule has 156 valence electrons. The molecular formula is C22H36N4O2. The zero-order chi connectivity index (χ0) is 20.2. The van der Waals surface area contributed by atoms with E-state index in [1.165, 1.54) is 31.2 Å². The smallest absolute Gasteiger partial charge is 0.220 e. The molecule has 0 radical (unpaired) electrons. The average Bonchev–Trinajstić information content (AvgIpc) is 3.22. The molecule has 1 atom stereocenters. The zero-order valence-corrected chi connectivity index (χ0v) is 17.6. The van der Waals surface area contributed by atoms with Gasteiger partial charge >= 0.3 is 0 Å². The van der Waals surface area contributed by atoms with E-state index in [0.717, 1.165) is 24.7 Å². The third-order valence-corrected chi connectivity index (χ3v) is 5.47. The lowest BCUT2D eigenvalue weighted by molar-refractivity contribution is -0.121. The number of hydrogen-bond donors (Lipinski definition) is 3. The van der Waals surface area contributed by atoms with Crippen molar-refractivity contribution in [1.82, 2.24) is 16.0 Å². The maximum absolute atomic E-state index is 11.9. The Hall–Kier alpha value is -2.24. The summed E-state index contributed by atoms with van der Waals surface area (Å²) in [5, 5.41) is 9.60. The molecule has 6 heteroatoms. The first-order chi connectivity index (χ1) is 13.6. The van der Waals surface area contributed by atoms with Crippen molar-refractivity contribution in [2.24, 2.45) is 10.9 Å². The molecule has 1 aliphatic carbocycles. The van der Waals surface area contributed by atoms with Crippen molar-refractivity contribution < 1.29 is 9.53 Å². The van der Waals surface area contributed by atoms with Gasteiger partial charge in [-0.3, -0.25) is 9.79 Å². The molecule has 0 bridgehead atoms. The minimum Gasteiger partial charge on any atom is -0.497 e. The van der Waals surface area contributed by atoms with E-state index < -0.39 is 0 Å². The first-order valence-corrected chi connectivity index (χ1v) is 10.5. The van der Waals surface area contributed by atoms with Gasteiger partial charge in [0.2, 0.25) is 5.91 Å². The van der Waals surface area contributed by atoms with E-state index in [4.69, 9.17) is 4.74 Å². The summed E-state index contributed by atoms with van der Waals surface area (Å²) in [6, 6.07) is 8.23. The number of benzene rings is 1. The minimum atomic E-state index is 0.171. The fraction of sp³-hybridized carbons (Fsp3) is 0.636. The van der Waals surface area contributed by atoms with Gasteiger partial charge in [0.15, 0.2) is 5.96 Å². The van der Waals surface area contributed by atoms with Gasteiger partial charge in [0.25, 0.3) is 0 Å². The lowest BCUT2D eigenvalue weighted by Gasteiger charge is -2.16. The van der Waals surface area contributed by atoms with E-state index in [2.05, 4.69) is 40.0 Å². The Morgan fingerprint density at radius 3 is 2.39 bits per heavy atom. The number of guanidine groups is 1. The third kappa shape index (κ3) is 7.79. The molecule has 1 fully saturated rings. The van der Waals surface area contributed by atoms with Crippen molar-refractivity contribution in [3.8, 4) is 5.75 Å². The molecule has 0 saturated heterocycles. The number of ether oxygens (including phenoxy) is 1. The molecule has 3 N–H and O–H groups in total. The van der Waals surface area contributed by atoms with Gasteiger partial charge in [0.1, 0.15) is 5.75 Å². The maximum Gasteiger partial charge on any atom is 0.220 e. The molecule has 0 spiro atoms. The van der Waals surface area contributed by atoms with E-state index in [0.29, 0.717) is 31.3 Å². The standard InChI is InChI=1S/C22H36N4O2/c1-17(19-8-10-20(28-3)11-9-19)12-13-25-22(23-2)26-15-14-24-21(27)16-18-6-4-5-7-18/h8-11,17-18H,4-7,12-16H2,1-3H3,(H,24,27)(H2,23,25,26). The summed E-state index contributed by atoms with van der Waals surface area (Å²) in [6.07, 6.45) is 6.65. The molecule has 0 aliphatic heterocycles. The van der Waals surface area contributed by atoms with Crippen LogP contribution in [0.4, 0.5) is 0 Å². The maximum atomic E-state index is 11.9. The van der Waals surface area contributed by atoms with Crippen LogP contribution in [0.1, 0.15) is 56.9 Å². The predicted molar refractivity (Wildman–Crippen MR) is 115 cm³/mol. The van der Waals surface area contributed by atoms with E-state index in [9.17, 15) is 4.79 Å². The molecule has 0 aromatic heterocycles. The van der Waals surface area contributed by atoms with Crippen LogP contribution in [0.25, 0.3) is 0 Å². The summed E-state index contributed by atoms with van der Waals surface area (Å²) in [6.45, 7) is 4.35. The summed E-state index contributed by atoms with van der Waals surface area (Å²) in [5.41, 5.74) is 1.30. The summed E-state index contributed by atoms with van der Waals surface area (Å²) in [7, 11) is 3.45. The Bertz CT molecular complexity index is 609. The Morgan fingerprint density at radius 2 is 1.75 bits per heavy atom. The van der Waals surface area contributed by atoms with Crippen LogP contribution in [0, 0.1) is 5.92 Å². The quantitative estimate of drug-likeness (QED) is 0.327. The van der Waals surface area contributed by atoms with Crippen LogP contribution in [-0.2, 0) is 4.79 Å². The normalized spacial score (nSPS) is 15.9. The molecule has 1 aliphatic rings. The topological polar surface area (TPSA) is 74.8 Å². The van der Waals surface area contributed by atoms with E-state index >= 15 is 0 Å². The first kappa shape index (κ1) is 22.1. The van der Waals surface area contributed by atoms with Crippen LogP contribution in [0.15, 0.2) is 29.3 Å². The second-order valence-electron chi connectivity index (χ2n) is 7.59. The highest BCUT2D eigenvalue weighted by atomic mass is 16.5. The van der Waals surface area contributed by atoms with Crippen molar-refractivity contribution >= 4 is 11.9 Å². The Labute approximate surface area is 169 Å². The average molecular weight is 389 g/mol. The Kier molecular flexibility index (Phi) is 9.66. The van der Waals surface area contributed by atoms with Crippen LogP contribution < -0.4 is 20.7 Å². The second-order valence-corrected chi connectivity index (χ2v) is 7.59. The van der Waals surface area contributed by atoms with Crippen molar-refractivity contribution in [3.05, 3.63) is 29.8 Å². The van der Waals surface area contributed by atoms with Crippen molar-refractivity contribution in [2.75, 3.05) is 33.8 Å². The molecule has 1 saturated carbocycles. The number of hydrogen-bond acceptors (Lipinski definition) is 3. The van der Waals surface area contributed by atoms with Gasteiger partial charge in [0.05, 0.1) is 7.11 Å². The summed E-state index contributed by atoms with van der Waals surface area (Å²) in [5.74, 6) is 2.87. The largest absolute Gasteiger partial charge is 0.497 e. The molecule has 1 amide bonds.